The average molecular weight is 1190 g/mol. The van der Waals surface area contributed by atoms with E-state index >= 15 is 0 Å². The molecule has 460 valence electrons. The Balaban J connectivity index is 1.19. The summed E-state index contributed by atoms with van der Waals surface area (Å²) in [4.78, 5) is 0. The second-order valence-corrected chi connectivity index (χ2v) is 36.8. The monoisotopic (exact) mass is 1190 g/mol. The van der Waals surface area contributed by atoms with Gasteiger partial charge in [-0.2, -0.15) is 0 Å². The Bertz CT molecular complexity index is 5210. The number of aromatic nitrogens is 3. The molecule has 3 nitrogen and oxygen atoms in total. The number of rotatable bonds is 1. The molecule has 0 fully saturated rings. The molecular formula is C87H94BN3. The molecule has 0 saturated heterocycles. The highest BCUT2D eigenvalue weighted by Gasteiger charge is 2.56. The van der Waals surface area contributed by atoms with E-state index in [0.717, 1.165) is 0 Å². The van der Waals surface area contributed by atoms with Crippen LogP contribution in [0.4, 0.5) is 0 Å². The van der Waals surface area contributed by atoms with Gasteiger partial charge in [0.05, 0.1) is 33.0 Å². The zero-order chi connectivity index (χ0) is 64.8. The quantitative estimate of drug-likeness (QED) is 0.146. The third kappa shape index (κ3) is 7.75. The average Bonchev–Trinajstić information content (AvgIpc) is 1.52. The van der Waals surface area contributed by atoms with E-state index in [2.05, 4.69) is 313 Å². The van der Waals surface area contributed by atoms with Crippen LogP contribution in [0, 0.1) is 0 Å². The van der Waals surface area contributed by atoms with Crippen molar-refractivity contribution in [3.8, 4) is 28.2 Å². The Hall–Kier alpha value is -7.56. The van der Waals surface area contributed by atoms with Gasteiger partial charge in [-0.3, -0.25) is 0 Å². The molecule has 0 atom stereocenters. The van der Waals surface area contributed by atoms with Crippen molar-refractivity contribution in [2.45, 2.75) is 215 Å². The van der Waals surface area contributed by atoms with Crippen LogP contribution in [0.3, 0.4) is 0 Å². The number of hydrogen-bond acceptors (Lipinski definition) is 0. The van der Waals surface area contributed by atoms with Gasteiger partial charge in [-0.25, -0.2) is 0 Å². The number of nitrogens with zero attached hydrogens (tertiary/aromatic N) is 3. The Morgan fingerprint density at radius 2 is 0.758 bits per heavy atom. The van der Waals surface area contributed by atoms with E-state index < -0.39 is 5.41 Å². The maximum absolute atomic E-state index is 2.85. The van der Waals surface area contributed by atoms with Gasteiger partial charge in [-0.1, -0.05) is 245 Å². The summed E-state index contributed by atoms with van der Waals surface area (Å²) in [6, 6.07) is 56.1. The Morgan fingerprint density at radius 1 is 0.297 bits per heavy atom. The first kappa shape index (κ1) is 58.5. The van der Waals surface area contributed by atoms with E-state index in [1.54, 1.807) is 0 Å². The first-order valence-electron chi connectivity index (χ1n) is 34.1. The summed E-state index contributed by atoms with van der Waals surface area (Å²) in [5, 5.41) is 8.15. The number of fused-ring (bicyclic) bond motifs is 18. The van der Waals surface area contributed by atoms with Crippen LogP contribution in [0.1, 0.15) is 233 Å². The van der Waals surface area contributed by atoms with Gasteiger partial charge >= 0.3 is 0 Å². The molecule has 0 unspecified atom stereocenters. The zero-order valence-corrected chi connectivity index (χ0v) is 59.1. The van der Waals surface area contributed by atoms with E-state index in [9.17, 15) is 0 Å². The Labute approximate surface area is 542 Å². The summed E-state index contributed by atoms with van der Waals surface area (Å²) in [5.74, 6) is 0. The van der Waals surface area contributed by atoms with Gasteiger partial charge in [-0.05, 0) is 192 Å². The van der Waals surface area contributed by atoms with Gasteiger partial charge in [0.25, 0.3) is 6.71 Å². The molecule has 0 saturated carbocycles. The zero-order valence-electron chi connectivity index (χ0n) is 59.1. The Kier molecular flexibility index (Phi) is 11.3. The number of hydrogen-bond donors (Lipinski definition) is 0. The molecule has 6 heterocycles. The SMILES string of the molecule is CC(C)(C)c1ccc(-n2c3ccc(C(C)(C)C)cc3c3c4c5c(C(C)(C)C)cc(C(C)(C)C)cc5n5c4c(cc32)B2c3c-5ccc4c3-n3c5c2cc(C(C)(C)C)cc5c2cc(C(C)(C)C)cc(c23)C42c3cc(C(C)(C)C)ccc3-c3ccc(C(C)(C)C)cc32)cc1. The lowest BCUT2D eigenvalue weighted by atomic mass is 9.33. The fourth-order valence-corrected chi connectivity index (χ4v) is 17.2. The summed E-state index contributed by atoms with van der Waals surface area (Å²) in [5.41, 5.74) is 33.8. The Morgan fingerprint density at radius 3 is 1.31 bits per heavy atom. The lowest BCUT2D eigenvalue weighted by Gasteiger charge is -2.45. The van der Waals surface area contributed by atoms with Crippen LogP contribution >= 0.6 is 0 Å². The predicted molar refractivity (Wildman–Crippen MR) is 395 cm³/mol. The molecule has 3 aromatic heterocycles. The van der Waals surface area contributed by atoms with Crippen molar-refractivity contribution in [2.75, 3.05) is 0 Å². The lowest BCUT2D eigenvalue weighted by molar-refractivity contribution is 0.573. The van der Waals surface area contributed by atoms with Crippen molar-refractivity contribution < 1.29 is 0 Å². The summed E-state index contributed by atoms with van der Waals surface area (Å²) >= 11 is 0. The molecule has 16 rings (SSSR count). The molecule has 9 aromatic carbocycles. The molecule has 4 heteroatoms. The van der Waals surface area contributed by atoms with Gasteiger partial charge in [0, 0.05) is 54.9 Å². The summed E-state index contributed by atoms with van der Waals surface area (Å²) in [7, 11) is 0. The van der Waals surface area contributed by atoms with Crippen LogP contribution in [-0.2, 0) is 48.7 Å². The van der Waals surface area contributed by atoms with E-state index in [0.29, 0.717) is 0 Å². The van der Waals surface area contributed by atoms with E-state index in [4.69, 9.17) is 0 Å². The van der Waals surface area contributed by atoms with Gasteiger partial charge in [0.15, 0.2) is 0 Å². The van der Waals surface area contributed by atoms with Gasteiger partial charge in [0.1, 0.15) is 0 Å². The highest BCUT2D eigenvalue weighted by atomic mass is 15.1. The first-order chi connectivity index (χ1) is 42.2. The molecule has 3 aliphatic heterocycles. The van der Waals surface area contributed by atoms with Crippen molar-refractivity contribution in [1.29, 1.82) is 0 Å². The molecule has 0 N–H and O–H groups in total. The van der Waals surface area contributed by atoms with Crippen LogP contribution < -0.4 is 16.4 Å². The smallest absolute Gasteiger partial charge is 0.252 e. The van der Waals surface area contributed by atoms with Crippen molar-refractivity contribution in [3.05, 3.63) is 200 Å². The largest absolute Gasteiger partial charge is 0.310 e. The van der Waals surface area contributed by atoms with Crippen LogP contribution in [0.15, 0.2) is 133 Å². The van der Waals surface area contributed by atoms with Gasteiger partial charge in [-0.15, -0.1) is 0 Å². The van der Waals surface area contributed by atoms with Crippen LogP contribution in [0.25, 0.3) is 93.6 Å². The minimum absolute atomic E-state index is 0.0113. The second-order valence-electron chi connectivity index (χ2n) is 36.8. The van der Waals surface area contributed by atoms with Crippen molar-refractivity contribution in [1.82, 2.24) is 13.7 Å². The predicted octanol–water partition coefficient (Wildman–Crippen LogP) is 21.2. The van der Waals surface area contributed by atoms with E-state index in [-0.39, 0.29) is 50.0 Å². The van der Waals surface area contributed by atoms with Gasteiger partial charge < -0.3 is 13.7 Å². The van der Waals surface area contributed by atoms with Gasteiger partial charge in [0.2, 0.25) is 0 Å². The molecule has 0 radical (unpaired) electrons. The summed E-state index contributed by atoms with van der Waals surface area (Å²) < 4.78 is 8.32. The second kappa shape index (κ2) is 17.6. The topological polar surface area (TPSA) is 14.8 Å². The molecular weight excluding hydrogens is 1100 g/mol. The fourth-order valence-electron chi connectivity index (χ4n) is 17.2. The van der Waals surface area contributed by atoms with Crippen LogP contribution in [0.2, 0.25) is 0 Å². The molecule has 1 aliphatic carbocycles. The lowest BCUT2D eigenvalue weighted by Crippen LogP contribution is -2.60. The van der Waals surface area contributed by atoms with Crippen molar-refractivity contribution in [2.24, 2.45) is 0 Å². The molecule has 12 aromatic rings. The van der Waals surface area contributed by atoms with Crippen molar-refractivity contribution in [3.63, 3.8) is 0 Å². The highest BCUT2D eigenvalue weighted by molar-refractivity contribution is 7.00. The molecule has 1 spiro atoms. The fraction of sp³-hybridized carbons (Fsp3) is 0.379. The molecule has 91 heavy (non-hydrogen) atoms. The van der Waals surface area contributed by atoms with E-state index in [1.807, 2.05) is 0 Å². The molecule has 4 aliphatic rings. The highest BCUT2D eigenvalue weighted by Crippen LogP contribution is 2.63. The normalized spacial score (nSPS) is 15.3. The summed E-state index contributed by atoms with van der Waals surface area (Å²) in [6.07, 6.45) is 0. The third-order valence-corrected chi connectivity index (χ3v) is 22.4. The molecule has 0 amide bonds. The minimum Gasteiger partial charge on any atom is -0.310 e. The van der Waals surface area contributed by atoms with Crippen LogP contribution in [-0.4, -0.2) is 20.4 Å². The van der Waals surface area contributed by atoms with Crippen molar-refractivity contribution >= 4 is 88.5 Å². The van der Waals surface area contributed by atoms with Crippen LogP contribution in [0.5, 0.6) is 0 Å². The summed E-state index contributed by atoms with van der Waals surface area (Å²) in [6.45, 7) is 57.6. The number of benzene rings is 9. The first-order valence-corrected chi connectivity index (χ1v) is 34.1. The minimum atomic E-state index is -0.663. The maximum atomic E-state index is 2.85. The van der Waals surface area contributed by atoms with E-state index in [1.165, 1.54) is 177 Å². The molecule has 0 bridgehead atoms. The third-order valence-electron chi connectivity index (χ3n) is 22.4. The maximum Gasteiger partial charge on any atom is 0.252 e. The standard InChI is InChI=1S/C87H94BN3/c1-79(2,3)47-25-30-54(31-26-47)89-67-35-29-48(80(4,5)6)37-59(67)71-70(89)46-66-78-73(71)72-63(86(22,23)24)42-53(85(19,20)21)45-69(72)90(78)68-36-34-60-77-74(68)88(66)65-44-52(84(16,17)18)39-58-57-38-51(83(13,14)15)43-64(75(57)91(77)76(58)65)87(60)61-40-49(81(7,8)9)27-32-55(61)56-33-28-50(41-62(56)87)82(10,11)12/h25-46H,1-24H3.